The first-order valence-electron chi connectivity index (χ1n) is 5.79. The van der Waals surface area contributed by atoms with E-state index in [1.54, 1.807) is 25.4 Å². The van der Waals surface area contributed by atoms with Crippen LogP contribution in [0.3, 0.4) is 0 Å². The van der Waals surface area contributed by atoms with Crippen LogP contribution in [0.2, 0.25) is 5.15 Å². The molecule has 0 bridgehead atoms. The van der Waals surface area contributed by atoms with Crippen molar-refractivity contribution in [3.05, 3.63) is 47.7 Å². The zero-order chi connectivity index (χ0) is 13.5. The Labute approximate surface area is 116 Å². The molecule has 2 rings (SSSR count). The SMILES string of the molecule is COc1ccc(OCCOc2ccc(Cl)nc2)cc1. The molecule has 1 aromatic carbocycles. The molecule has 2 aromatic rings. The van der Waals surface area contributed by atoms with E-state index in [0.717, 1.165) is 11.5 Å². The molecule has 0 aliphatic heterocycles. The largest absolute Gasteiger partial charge is 0.497 e. The molecule has 0 radical (unpaired) electrons. The Bertz CT molecular complexity index is 499. The van der Waals surface area contributed by atoms with Gasteiger partial charge in [0, 0.05) is 0 Å². The maximum atomic E-state index is 5.68. The lowest BCUT2D eigenvalue weighted by molar-refractivity contribution is 0.216. The molecule has 0 aliphatic rings. The second-order valence-corrected chi connectivity index (χ2v) is 4.08. The number of hydrogen-bond acceptors (Lipinski definition) is 4. The Balaban J connectivity index is 1.72. The van der Waals surface area contributed by atoms with E-state index < -0.39 is 0 Å². The summed E-state index contributed by atoms with van der Waals surface area (Å²) in [7, 11) is 1.63. The molecule has 5 heteroatoms. The van der Waals surface area contributed by atoms with Crippen molar-refractivity contribution in [3.8, 4) is 17.2 Å². The maximum Gasteiger partial charge on any atom is 0.137 e. The van der Waals surface area contributed by atoms with Gasteiger partial charge in [0.1, 0.15) is 35.6 Å². The van der Waals surface area contributed by atoms with Crippen LogP contribution < -0.4 is 14.2 Å². The Hall–Kier alpha value is -1.94. The summed E-state index contributed by atoms with van der Waals surface area (Å²) < 4.78 is 16.0. The quantitative estimate of drug-likeness (QED) is 0.601. The Kier molecular flexibility index (Phi) is 4.86. The monoisotopic (exact) mass is 279 g/mol. The van der Waals surface area contributed by atoms with E-state index in [-0.39, 0.29) is 0 Å². The molecule has 19 heavy (non-hydrogen) atoms. The fourth-order valence-electron chi connectivity index (χ4n) is 1.44. The van der Waals surface area contributed by atoms with Crippen LogP contribution in [-0.2, 0) is 0 Å². The van der Waals surface area contributed by atoms with Crippen LogP contribution in [0.15, 0.2) is 42.6 Å². The van der Waals surface area contributed by atoms with E-state index in [2.05, 4.69) is 4.98 Å². The van der Waals surface area contributed by atoms with Crippen molar-refractivity contribution in [1.29, 1.82) is 0 Å². The minimum atomic E-state index is 0.440. The van der Waals surface area contributed by atoms with Crippen LogP contribution in [0.4, 0.5) is 0 Å². The van der Waals surface area contributed by atoms with E-state index in [1.807, 2.05) is 24.3 Å². The van der Waals surface area contributed by atoms with Gasteiger partial charge in [-0.1, -0.05) is 11.6 Å². The molecule has 100 valence electrons. The van der Waals surface area contributed by atoms with Gasteiger partial charge in [0.25, 0.3) is 0 Å². The van der Waals surface area contributed by atoms with Crippen LogP contribution in [0.25, 0.3) is 0 Å². The second-order valence-electron chi connectivity index (χ2n) is 3.69. The van der Waals surface area contributed by atoms with Gasteiger partial charge in [-0.3, -0.25) is 0 Å². The summed E-state index contributed by atoms with van der Waals surface area (Å²) in [6.45, 7) is 0.893. The van der Waals surface area contributed by atoms with Crippen LogP contribution in [0, 0.1) is 0 Å². The van der Waals surface area contributed by atoms with Crippen molar-refractivity contribution < 1.29 is 14.2 Å². The van der Waals surface area contributed by atoms with Gasteiger partial charge in [0.05, 0.1) is 13.3 Å². The van der Waals surface area contributed by atoms with E-state index >= 15 is 0 Å². The van der Waals surface area contributed by atoms with Gasteiger partial charge in [-0.05, 0) is 36.4 Å². The summed E-state index contributed by atoms with van der Waals surface area (Å²) in [5.74, 6) is 2.25. The third kappa shape index (κ3) is 4.34. The fourth-order valence-corrected chi connectivity index (χ4v) is 1.55. The van der Waals surface area contributed by atoms with Crippen LogP contribution in [0.1, 0.15) is 0 Å². The molecule has 1 heterocycles. The highest BCUT2D eigenvalue weighted by Crippen LogP contribution is 2.17. The lowest BCUT2D eigenvalue weighted by Gasteiger charge is -2.08. The molecule has 0 saturated heterocycles. The molecule has 0 saturated carbocycles. The summed E-state index contributed by atoms with van der Waals surface area (Å²) in [5.41, 5.74) is 0. The average Bonchev–Trinajstić information content (AvgIpc) is 2.46. The number of hydrogen-bond donors (Lipinski definition) is 0. The highest BCUT2D eigenvalue weighted by atomic mass is 35.5. The maximum absolute atomic E-state index is 5.68. The number of methoxy groups -OCH3 is 1. The standard InChI is InChI=1S/C14H14ClNO3/c1-17-11-2-4-12(5-3-11)18-8-9-19-13-6-7-14(15)16-10-13/h2-7,10H,8-9H2,1H3. The number of rotatable bonds is 6. The van der Waals surface area contributed by atoms with Crippen molar-refractivity contribution in [2.24, 2.45) is 0 Å². The molecule has 0 N–H and O–H groups in total. The van der Waals surface area contributed by atoms with Crippen molar-refractivity contribution in [2.75, 3.05) is 20.3 Å². The summed E-state index contributed by atoms with van der Waals surface area (Å²) in [5, 5.41) is 0.446. The first kappa shape index (κ1) is 13.5. The normalized spacial score (nSPS) is 10.0. The number of aromatic nitrogens is 1. The lowest BCUT2D eigenvalue weighted by atomic mass is 10.3. The van der Waals surface area contributed by atoms with Gasteiger partial charge in [-0.15, -0.1) is 0 Å². The van der Waals surface area contributed by atoms with E-state index in [1.165, 1.54) is 0 Å². The zero-order valence-corrected chi connectivity index (χ0v) is 11.3. The minimum Gasteiger partial charge on any atom is -0.497 e. The third-order valence-corrected chi connectivity index (χ3v) is 2.60. The molecule has 0 fully saturated rings. The number of pyridine rings is 1. The molecule has 0 atom stereocenters. The molecule has 1 aromatic heterocycles. The van der Waals surface area contributed by atoms with Crippen molar-refractivity contribution >= 4 is 11.6 Å². The molecule has 0 unspecified atom stereocenters. The molecule has 4 nitrogen and oxygen atoms in total. The predicted octanol–water partition coefficient (Wildman–Crippen LogP) is 3.20. The van der Waals surface area contributed by atoms with Gasteiger partial charge in [-0.2, -0.15) is 0 Å². The Morgan fingerprint density at radius 1 is 0.895 bits per heavy atom. The Morgan fingerprint density at radius 2 is 1.47 bits per heavy atom. The van der Waals surface area contributed by atoms with Gasteiger partial charge in [0.15, 0.2) is 0 Å². The van der Waals surface area contributed by atoms with E-state index in [0.29, 0.717) is 24.1 Å². The highest BCUT2D eigenvalue weighted by molar-refractivity contribution is 6.29. The van der Waals surface area contributed by atoms with Crippen LogP contribution in [0.5, 0.6) is 17.2 Å². The molecule has 0 aliphatic carbocycles. The van der Waals surface area contributed by atoms with Crippen molar-refractivity contribution in [1.82, 2.24) is 4.98 Å². The Morgan fingerprint density at radius 3 is 2.05 bits per heavy atom. The van der Waals surface area contributed by atoms with E-state index in [4.69, 9.17) is 25.8 Å². The number of benzene rings is 1. The number of halogens is 1. The fraction of sp³-hybridized carbons (Fsp3) is 0.214. The van der Waals surface area contributed by atoms with Crippen LogP contribution >= 0.6 is 11.6 Å². The van der Waals surface area contributed by atoms with Crippen LogP contribution in [-0.4, -0.2) is 25.3 Å². The number of ether oxygens (including phenoxy) is 3. The second kappa shape index (κ2) is 6.85. The molecule has 0 amide bonds. The lowest BCUT2D eigenvalue weighted by Crippen LogP contribution is -2.09. The average molecular weight is 280 g/mol. The molecular formula is C14H14ClNO3. The third-order valence-electron chi connectivity index (χ3n) is 2.38. The summed E-state index contributed by atoms with van der Waals surface area (Å²) in [6.07, 6.45) is 1.58. The number of nitrogens with zero attached hydrogens (tertiary/aromatic N) is 1. The molecule has 0 spiro atoms. The predicted molar refractivity (Wildman–Crippen MR) is 73.2 cm³/mol. The first-order valence-corrected chi connectivity index (χ1v) is 6.17. The first-order chi connectivity index (χ1) is 9.28. The van der Waals surface area contributed by atoms with Crippen molar-refractivity contribution in [2.45, 2.75) is 0 Å². The highest BCUT2D eigenvalue weighted by Gasteiger charge is 1.97. The summed E-state index contributed by atoms with van der Waals surface area (Å²) in [6, 6.07) is 10.8. The smallest absolute Gasteiger partial charge is 0.137 e. The van der Waals surface area contributed by atoms with Gasteiger partial charge >= 0.3 is 0 Å². The van der Waals surface area contributed by atoms with Gasteiger partial charge in [0.2, 0.25) is 0 Å². The molecular weight excluding hydrogens is 266 g/mol. The minimum absolute atomic E-state index is 0.440. The zero-order valence-electron chi connectivity index (χ0n) is 10.5. The summed E-state index contributed by atoms with van der Waals surface area (Å²) in [4.78, 5) is 3.92. The van der Waals surface area contributed by atoms with Gasteiger partial charge < -0.3 is 14.2 Å². The van der Waals surface area contributed by atoms with Crippen molar-refractivity contribution in [3.63, 3.8) is 0 Å². The van der Waals surface area contributed by atoms with Gasteiger partial charge in [-0.25, -0.2) is 4.98 Å². The topological polar surface area (TPSA) is 40.6 Å². The summed E-state index contributed by atoms with van der Waals surface area (Å²) >= 11 is 5.68. The van der Waals surface area contributed by atoms with E-state index in [9.17, 15) is 0 Å².